The van der Waals surface area contributed by atoms with Gasteiger partial charge in [-0.2, -0.15) is 0 Å². The topological polar surface area (TPSA) is 79.9 Å². The monoisotopic (exact) mass is 407 g/mol. The molecule has 30 heavy (non-hydrogen) atoms. The molecule has 2 aliphatic heterocycles. The van der Waals surface area contributed by atoms with Gasteiger partial charge in [0, 0.05) is 24.8 Å². The Kier molecular flexibility index (Phi) is 5.99. The third kappa shape index (κ3) is 4.63. The zero-order valence-corrected chi connectivity index (χ0v) is 16.9. The van der Waals surface area contributed by atoms with Gasteiger partial charge in [-0.15, -0.1) is 0 Å². The van der Waals surface area contributed by atoms with Gasteiger partial charge >= 0.3 is 6.03 Å². The zero-order chi connectivity index (χ0) is 20.9. The Morgan fingerprint density at radius 2 is 1.80 bits per heavy atom. The van der Waals surface area contributed by atoms with Crippen molar-refractivity contribution in [3.63, 3.8) is 0 Å². The van der Waals surface area contributed by atoms with Gasteiger partial charge in [0.05, 0.1) is 6.04 Å². The number of amides is 3. The fraction of sp³-hybridized carbons (Fsp3) is 0.304. The summed E-state index contributed by atoms with van der Waals surface area (Å²) in [5.74, 6) is 0.889. The van der Waals surface area contributed by atoms with Crippen LogP contribution < -0.4 is 20.1 Å². The minimum absolute atomic E-state index is 0.332. The molecule has 0 fully saturated rings. The van der Waals surface area contributed by atoms with Crippen molar-refractivity contribution in [2.45, 2.75) is 19.4 Å². The van der Waals surface area contributed by atoms with Crippen molar-refractivity contribution in [1.29, 1.82) is 0 Å². The average molecular weight is 407 g/mol. The molecule has 1 atom stereocenters. The van der Waals surface area contributed by atoms with Crippen LogP contribution in [0.3, 0.4) is 0 Å². The molecule has 4 rings (SSSR count). The van der Waals surface area contributed by atoms with Gasteiger partial charge in [-0.3, -0.25) is 15.0 Å². The van der Waals surface area contributed by atoms with E-state index in [0.29, 0.717) is 36.9 Å². The van der Waals surface area contributed by atoms with E-state index in [9.17, 15) is 9.59 Å². The Bertz CT molecular complexity index is 958. The number of fused-ring (bicyclic) bond motifs is 1. The number of carbonyl (C=O) groups is 2. The molecule has 156 valence electrons. The second-order valence-electron chi connectivity index (χ2n) is 7.32. The number of benzene rings is 2. The quantitative estimate of drug-likeness (QED) is 0.813. The van der Waals surface area contributed by atoms with E-state index in [2.05, 4.69) is 33.7 Å². The van der Waals surface area contributed by atoms with E-state index in [1.807, 2.05) is 25.1 Å². The highest BCUT2D eigenvalue weighted by Gasteiger charge is 2.25. The number of hydrogen-bond acceptors (Lipinski definition) is 5. The minimum Gasteiger partial charge on any atom is -0.486 e. The van der Waals surface area contributed by atoms with Gasteiger partial charge in [-0.1, -0.05) is 36.4 Å². The van der Waals surface area contributed by atoms with E-state index in [4.69, 9.17) is 9.47 Å². The molecule has 2 heterocycles. The number of hydrogen-bond donors (Lipinski definition) is 2. The van der Waals surface area contributed by atoms with Gasteiger partial charge < -0.3 is 14.8 Å². The van der Waals surface area contributed by atoms with Crippen molar-refractivity contribution in [1.82, 2.24) is 10.2 Å². The van der Waals surface area contributed by atoms with Crippen molar-refractivity contribution >= 4 is 23.2 Å². The SMILES string of the molecule is CC(C(=O)NC(=O)Nc1ccc2c(c1)OCCO2)N1CC=C(c2ccccc2)CC1. The van der Waals surface area contributed by atoms with Crippen molar-refractivity contribution in [2.24, 2.45) is 0 Å². The molecule has 0 aliphatic carbocycles. The first-order valence-corrected chi connectivity index (χ1v) is 10.1. The van der Waals surface area contributed by atoms with Gasteiger partial charge in [-0.25, -0.2) is 4.79 Å². The molecule has 2 aromatic rings. The van der Waals surface area contributed by atoms with E-state index < -0.39 is 12.1 Å². The second kappa shape index (κ2) is 9.00. The molecule has 0 saturated carbocycles. The molecule has 7 nitrogen and oxygen atoms in total. The van der Waals surface area contributed by atoms with Crippen LogP contribution in [-0.4, -0.2) is 49.2 Å². The summed E-state index contributed by atoms with van der Waals surface area (Å²) in [6.45, 7) is 4.22. The molecule has 2 aliphatic rings. The van der Waals surface area contributed by atoms with E-state index in [1.54, 1.807) is 18.2 Å². The zero-order valence-electron chi connectivity index (χ0n) is 16.9. The Balaban J connectivity index is 1.30. The summed E-state index contributed by atoms with van der Waals surface area (Å²) in [7, 11) is 0. The lowest BCUT2D eigenvalue weighted by Gasteiger charge is -2.31. The van der Waals surface area contributed by atoms with Crippen LogP contribution in [0.2, 0.25) is 0 Å². The van der Waals surface area contributed by atoms with Crippen LogP contribution in [-0.2, 0) is 4.79 Å². The summed E-state index contributed by atoms with van der Waals surface area (Å²) in [6.07, 6.45) is 3.02. The molecular weight excluding hydrogens is 382 g/mol. The van der Waals surface area contributed by atoms with Gasteiger partial charge in [0.15, 0.2) is 11.5 Å². The summed E-state index contributed by atoms with van der Waals surface area (Å²) >= 11 is 0. The Hall–Kier alpha value is -3.32. The molecule has 0 saturated heterocycles. The number of carbonyl (C=O) groups excluding carboxylic acids is 2. The summed E-state index contributed by atoms with van der Waals surface area (Å²) < 4.78 is 11.0. The van der Waals surface area contributed by atoms with Crippen LogP contribution in [0.25, 0.3) is 5.57 Å². The first kappa shape index (κ1) is 20.0. The van der Waals surface area contributed by atoms with Crippen molar-refractivity contribution in [2.75, 3.05) is 31.6 Å². The van der Waals surface area contributed by atoms with Crippen molar-refractivity contribution in [3.05, 3.63) is 60.2 Å². The first-order valence-electron chi connectivity index (χ1n) is 10.1. The Morgan fingerprint density at radius 1 is 1.03 bits per heavy atom. The molecule has 1 unspecified atom stereocenters. The summed E-state index contributed by atoms with van der Waals surface area (Å²) in [5, 5.41) is 5.10. The molecule has 2 N–H and O–H groups in total. The Morgan fingerprint density at radius 3 is 2.53 bits per heavy atom. The molecule has 7 heteroatoms. The molecule has 0 bridgehead atoms. The van der Waals surface area contributed by atoms with Gasteiger partial charge in [0.25, 0.3) is 0 Å². The number of ether oxygens (including phenoxy) is 2. The molecule has 3 amide bonds. The van der Waals surface area contributed by atoms with Crippen LogP contribution in [0.4, 0.5) is 10.5 Å². The number of nitrogens with zero attached hydrogens (tertiary/aromatic N) is 1. The molecule has 0 aromatic heterocycles. The van der Waals surface area contributed by atoms with Crippen molar-refractivity contribution < 1.29 is 19.1 Å². The van der Waals surface area contributed by atoms with Crippen molar-refractivity contribution in [3.8, 4) is 11.5 Å². The van der Waals surface area contributed by atoms with Crippen LogP contribution in [0, 0.1) is 0 Å². The molecule has 2 aromatic carbocycles. The maximum atomic E-state index is 12.5. The standard InChI is InChI=1S/C23H25N3O4/c1-16(26-11-9-18(10-12-26)17-5-3-2-4-6-17)22(27)25-23(28)24-19-7-8-20-21(15-19)30-14-13-29-20/h2-9,15-16H,10-14H2,1H3,(H2,24,25,27,28). The predicted molar refractivity (Wildman–Crippen MR) is 115 cm³/mol. The summed E-state index contributed by atoms with van der Waals surface area (Å²) in [6, 6.07) is 14.4. The third-order valence-corrected chi connectivity index (χ3v) is 5.35. The fourth-order valence-corrected chi connectivity index (χ4v) is 3.62. The van der Waals surface area contributed by atoms with Crippen LogP contribution in [0.1, 0.15) is 18.9 Å². The first-order chi connectivity index (χ1) is 14.6. The lowest BCUT2D eigenvalue weighted by atomic mass is 9.99. The van der Waals surface area contributed by atoms with Crippen LogP contribution in [0.15, 0.2) is 54.6 Å². The number of rotatable bonds is 4. The van der Waals surface area contributed by atoms with E-state index in [1.165, 1.54) is 11.1 Å². The van der Waals surface area contributed by atoms with Crippen LogP contribution in [0.5, 0.6) is 11.5 Å². The average Bonchev–Trinajstić information content (AvgIpc) is 2.79. The molecule has 0 spiro atoms. The minimum atomic E-state index is -0.568. The maximum absolute atomic E-state index is 12.5. The second-order valence-corrected chi connectivity index (χ2v) is 7.32. The van der Waals surface area contributed by atoms with E-state index >= 15 is 0 Å². The summed E-state index contributed by atoms with van der Waals surface area (Å²) in [5.41, 5.74) is 3.04. The fourth-order valence-electron chi connectivity index (χ4n) is 3.62. The highest BCUT2D eigenvalue weighted by molar-refractivity contribution is 6.02. The van der Waals surface area contributed by atoms with Gasteiger partial charge in [-0.05, 0) is 36.6 Å². The lowest BCUT2D eigenvalue weighted by Crippen LogP contribution is -2.49. The van der Waals surface area contributed by atoms with Crippen LogP contribution >= 0.6 is 0 Å². The number of nitrogens with one attached hydrogen (secondary N) is 2. The largest absolute Gasteiger partial charge is 0.486 e. The van der Waals surface area contributed by atoms with E-state index in [-0.39, 0.29) is 5.91 Å². The summed E-state index contributed by atoms with van der Waals surface area (Å²) in [4.78, 5) is 26.9. The molecule has 0 radical (unpaired) electrons. The highest BCUT2D eigenvalue weighted by atomic mass is 16.6. The highest BCUT2D eigenvalue weighted by Crippen LogP contribution is 2.32. The van der Waals surface area contributed by atoms with E-state index in [0.717, 1.165) is 13.0 Å². The smallest absolute Gasteiger partial charge is 0.325 e. The van der Waals surface area contributed by atoms with Gasteiger partial charge in [0.2, 0.25) is 5.91 Å². The lowest BCUT2D eigenvalue weighted by molar-refractivity contribution is -0.124. The number of urea groups is 1. The third-order valence-electron chi connectivity index (χ3n) is 5.35. The predicted octanol–water partition coefficient (Wildman–Crippen LogP) is 3.28. The van der Waals surface area contributed by atoms with Gasteiger partial charge in [0.1, 0.15) is 13.2 Å². The molecular formula is C23H25N3O4. The maximum Gasteiger partial charge on any atom is 0.325 e. The number of anilines is 1. The normalized spacial score (nSPS) is 16.9. The Labute approximate surface area is 175 Å². The number of imide groups is 1.